The van der Waals surface area contributed by atoms with Gasteiger partial charge in [-0.15, -0.1) is 22.2 Å². The summed E-state index contributed by atoms with van der Waals surface area (Å²) in [6.45, 7) is 2.63. The Morgan fingerprint density at radius 1 is 0.435 bits per heavy atom. The summed E-state index contributed by atoms with van der Waals surface area (Å²) >= 11 is 13.2. The Hall–Kier alpha value is 0.797. The zero-order chi connectivity index (χ0) is 17.2. The molecule has 0 aliphatic heterocycles. The van der Waals surface area contributed by atoms with Crippen LogP contribution in [-0.4, -0.2) is 6.69 Å². The molecule has 0 rings (SSSR count). The molecule has 0 bridgehead atoms. The molecular formula is C20H42Cl2Si. The van der Waals surface area contributed by atoms with Crippen molar-refractivity contribution in [3.63, 3.8) is 0 Å². The van der Waals surface area contributed by atoms with Gasteiger partial charge in [0.25, 0.3) is 6.69 Å². The van der Waals surface area contributed by atoms with Crippen LogP contribution in [0.15, 0.2) is 0 Å². The minimum atomic E-state index is -1.92. The molecule has 0 aliphatic carbocycles. The van der Waals surface area contributed by atoms with Gasteiger partial charge in [0.1, 0.15) is 0 Å². The Balaban J connectivity index is 3.33. The molecule has 0 saturated carbocycles. The summed E-state index contributed by atoms with van der Waals surface area (Å²) < 4.78 is 0. The molecule has 23 heavy (non-hydrogen) atoms. The van der Waals surface area contributed by atoms with E-state index in [1.807, 2.05) is 0 Å². The fourth-order valence-corrected chi connectivity index (χ4v) is 6.55. The Labute approximate surface area is 157 Å². The lowest BCUT2D eigenvalue weighted by Gasteiger charge is -2.16. The highest BCUT2D eigenvalue weighted by Gasteiger charge is 2.26. The highest BCUT2D eigenvalue weighted by molar-refractivity contribution is 7.45. The van der Waals surface area contributed by atoms with E-state index in [9.17, 15) is 0 Å². The van der Waals surface area contributed by atoms with Gasteiger partial charge in [0, 0.05) is 0 Å². The van der Waals surface area contributed by atoms with Crippen molar-refractivity contribution < 1.29 is 0 Å². The lowest BCUT2D eigenvalue weighted by molar-refractivity contribution is 0.581. The molecule has 0 aromatic carbocycles. The summed E-state index contributed by atoms with van der Waals surface area (Å²) in [5, 5.41) is 0. The normalized spacial score (nSPS) is 12.0. The SMILES string of the molecule is CCCCCCCCCC[Si](Cl)(Cl)CCCCCCCCCC. The maximum atomic E-state index is 6.60. The summed E-state index contributed by atoms with van der Waals surface area (Å²) in [6, 6.07) is 2.23. The maximum Gasteiger partial charge on any atom is 0.251 e. The van der Waals surface area contributed by atoms with Gasteiger partial charge >= 0.3 is 0 Å². The van der Waals surface area contributed by atoms with E-state index in [2.05, 4.69) is 13.8 Å². The van der Waals surface area contributed by atoms with Crippen LogP contribution in [0.2, 0.25) is 12.1 Å². The van der Waals surface area contributed by atoms with Crippen LogP contribution >= 0.6 is 22.2 Å². The minimum Gasteiger partial charge on any atom is -0.146 e. The molecule has 0 spiro atoms. The molecule has 0 atom stereocenters. The van der Waals surface area contributed by atoms with E-state index >= 15 is 0 Å². The third kappa shape index (κ3) is 19.0. The number of hydrogen-bond donors (Lipinski definition) is 0. The molecular weight excluding hydrogens is 339 g/mol. The summed E-state index contributed by atoms with van der Waals surface area (Å²) in [5.74, 6) is 0. The number of halogens is 2. The zero-order valence-electron chi connectivity index (χ0n) is 16.0. The predicted octanol–water partition coefficient (Wildman–Crippen LogP) is 9.19. The van der Waals surface area contributed by atoms with E-state index in [0.29, 0.717) is 0 Å². The topological polar surface area (TPSA) is 0 Å². The third-order valence-electron chi connectivity index (χ3n) is 4.79. The summed E-state index contributed by atoms with van der Waals surface area (Å²) in [4.78, 5) is 0. The first-order valence-corrected chi connectivity index (χ1v) is 14.9. The van der Waals surface area contributed by atoms with Crippen LogP contribution in [0.5, 0.6) is 0 Å². The average Bonchev–Trinajstić information content (AvgIpc) is 2.52. The molecule has 0 nitrogen and oxygen atoms in total. The molecule has 0 aromatic heterocycles. The lowest BCUT2D eigenvalue weighted by atomic mass is 10.1. The summed E-state index contributed by atoms with van der Waals surface area (Å²) in [7, 11) is 0. The molecule has 0 aromatic rings. The van der Waals surface area contributed by atoms with Crippen LogP contribution in [-0.2, 0) is 0 Å². The van der Waals surface area contributed by atoms with Gasteiger partial charge in [-0.2, -0.15) is 0 Å². The van der Waals surface area contributed by atoms with Crippen molar-refractivity contribution in [2.45, 2.75) is 129 Å². The predicted molar refractivity (Wildman–Crippen MR) is 112 cm³/mol. The van der Waals surface area contributed by atoms with Gasteiger partial charge in [0.15, 0.2) is 0 Å². The second-order valence-corrected chi connectivity index (χ2v) is 14.9. The average molecular weight is 382 g/mol. The van der Waals surface area contributed by atoms with Crippen LogP contribution < -0.4 is 0 Å². The zero-order valence-corrected chi connectivity index (χ0v) is 18.5. The number of hydrogen-bond acceptors (Lipinski definition) is 0. The third-order valence-corrected chi connectivity index (χ3v) is 9.23. The van der Waals surface area contributed by atoms with Crippen LogP contribution in [0.1, 0.15) is 117 Å². The quantitative estimate of drug-likeness (QED) is 0.126. The molecule has 0 heterocycles. The van der Waals surface area contributed by atoms with Gasteiger partial charge in [0.05, 0.1) is 0 Å². The van der Waals surface area contributed by atoms with Gasteiger partial charge in [-0.1, -0.05) is 117 Å². The van der Waals surface area contributed by atoms with E-state index < -0.39 is 6.69 Å². The van der Waals surface area contributed by atoms with Gasteiger partial charge in [-0.05, 0) is 12.1 Å². The number of unbranched alkanes of at least 4 members (excludes halogenated alkanes) is 14. The summed E-state index contributed by atoms with van der Waals surface area (Å²) in [6.07, 6.45) is 21.9. The van der Waals surface area contributed by atoms with E-state index in [1.54, 1.807) is 0 Å². The van der Waals surface area contributed by atoms with Crippen LogP contribution in [0.4, 0.5) is 0 Å². The molecule has 0 fully saturated rings. The van der Waals surface area contributed by atoms with E-state index in [-0.39, 0.29) is 0 Å². The van der Waals surface area contributed by atoms with Crippen molar-refractivity contribution in [3.05, 3.63) is 0 Å². The first kappa shape index (κ1) is 23.8. The first-order chi connectivity index (χ1) is 11.1. The van der Waals surface area contributed by atoms with Crippen LogP contribution in [0.25, 0.3) is 0 Å². The summed E-state index contributed by atoms with van der Waals surface area (Å²) in [5.41, 5.74) is 0. The van der Waals surface area contributed by atoms with Crippen molar-refractivity contribution >= 4 is 28.9 Å². The minimum absolute atomic E-state index is 1.11. The van der Waals surface area contributed by atoms with Gasteiger partial charge in [-0.3, -0.25) is 0 Å². The Kier molecular flexibility index (Phi) is 18.2. The lowest BCUT2D eigenvalue weighted by Crippen LogP contribution is -2.18. The van der Waals surface area contributed by atoms with Crippen molar-refractivity contribution in [1.82, 2.24) is 0 Å². The van der Waals surface area contributed by atoms with E-state index in [1.165, 1.54) is 103 Å². The van der Waals surface area contributed by atoms with Crippen molar-refractivity contribution in [3.8, 4) is 0 Å². The first-order valence-electron chi connectivity index (χ1n) is 10.5. The largest absolute Gasteiger partial charge is 0.251 e. The molecule has 3 heteroatoms. The molecule has 0 amide bonds. The van der Waals surface area contributed by atoms with Gasteiger partial charge in [-0.25, -0.2) is 0 Å². The molecule has 140 valence electrons. The van der Waals surface area contributed by atoms with Gasteiger partial charge in [0.2, 0.25) is 0 Å². The fraction of sp³-hybridized carbons (Fsp3) is 1.00. The Morgan fingerprint density at radius 3 is 1.00 bits per heavy atom. The van der Waals surface area contributed by atoms with Gasteiger partial charge < -0.3 is 0 Å². The van der Waals surface area contributed by atoms with Crippen molar-refractivity contribution in [2.24, 2.45) is 0 Å². The highest BCUT2D eigenvalue weighted by Crippen LogP contribution is 2.30. The standard InChI is InChI=1S/C20H42Cl2Si/c1-3-5-7-9-11-13-15-17-19-23(21,22)20-18-16-14-12-10-8-6-4-2/h3-20H2,1-2H3. The molecule has 0 N–H and O–H groups in total. The van der Waals surface area contributed by atoms with E-state index in [4.69, 9.17) is 22.2 Å². The molecule has 0 saturated heterocycles. The molecule has 0 radical (unpaired) electrons. The molecule has 0 aliphatic rings. The maximum absolute atomic E-state index is 6.60. The fourth-order valence-electron chi connectivity index (χ4n) is 3.16. The van der Waals surface area contributed by atoms with Crippen molar-refractivity contribution in [2.75, 3.05) is 0 Å². The Morgan fingerprint density at radius 2 is 0.696 bits per heavy atom. The van der Waals surface area contributed by atoms with Crippen LogP contribution in [0.3, 0.4) is 0 Å². The second kappa shape index (κ2) is 17.6. The van der Waals surface area contributed by atoms with Crippen LogP contribution in [0, 0.1) is 0 Å². The smallest absolute Gasteiger partial charge is 0.146 e. The monoisotopic (exact) mass is 380 g/mol. The van der Waals surface area contributed by atoms with Crippen molar-refractivity contribution in [1.29, 1.82) is 0 Å². The highest BCUT2D eigenvalue weighted by atomic mass is 35.7. The Bertz CT molecular complexity index is 210. The number of rotatable bonds is 18. The molecule has 0 unspecified atom stereocenters. The second-order valence-electron chi connectivity index (χ2n) is 7.31. The van der Waals surface area contributed by atoms with E-state index in [0.717, 1.165) is 12.1 Å².